The molecule has 19 heavy (non-hydrogen) atoms. The summed E-state index contributed by atoms with van der Waals surface area (Å²) in [5.74, 6) is -0.174. The molecule has 4 heteroatoms. The third-order valence-electron chi connectivity index (χ3n) is 3.57. The monoisotopic (exact) mass is 333 g/mol. The van der Waals surface area contributed by atoms with Crippen LogP contribution in [-0.2, 0) is 0 Å². The number of hydrogen-bond donors (Lipinski definition) is 1. The van der Waals surface area contributed by atoms with Gasteiger partial charge in [0.25, 0.3) is 0 Å². The molecule has 0 spiro atoms. The van der Waals surface area contributed by atoms with E-state index < -0.39 is 5.82 Å². The number of rotatable bonds is 6. The van der Waals surface area contributed by atoms with Gasteiger partial charge in [-0.1, -0.05) is 27.7 Å². The average Bonchev–Trinajstić information content (AvgIpc) is 2.35. The molecule has 2 atom stereocenters. The Morgan fingerprint density at radius 2 is 1.79 bits per heavy atom. The van der Waals surface area contributed by atoms with Gasteiger partial charge in [-0.2, -0.15) is 0 Å². The molecule has 1 nitrogen and oxygen atoms in total. The third-order valence-corrected chi connectivity index (χ3v) is 4.17. The normalized spacial score (nSPS) is 14.7. The van der Waals surface area contributed by atoms with Crippen molar-refractivity contribution in [3.63, 3.8) is 0 Å². The summed E-state index contributed by atoms with van der Waals surface area (Å²) in [6.07, 6.45) is 0.960. The van der Waals surface area contributed by atoms with Crippen molar-refractivity contribution in [2.75, 3.05) is 6.54 Å². The van der Waals surface area contributed by atoms with Crippen LogP contribution in [0.1, 0.15) is 45.7 Å². The Kier molecular flexibility index (Phi) is 6.40. The molecule has 1 aromatic carbocycles. The second-order valence-electron chi connectivity index (χ2n) is 5.32. The van der Waals surface area contributed by atoms with Crippen molar-refractivity contribution in [2.45, 2.75) is 40.2 Å². The third kappa shape index (κ3) is 4.25. The van der Waals surface area contributed by atoms with Gasteiger partial charge in [0.15, 0.2) is 0 Å². The predicted octanol–water partition coefficient (Wildman–Crippen LogP) is 5.06. The van der Waals surface area contributed by atoms with Gasteiger partial charge in [-0.3, -0.25) is 0 Å². The van der Waals surface area contributed by atoms with Crippen molar-refractivity contribution in [2.24, 2.45) is 11.8 Å². The highest BCUT2D eigenvalue weighted by Gasteiger charge is 2.25. The standard InChI is InChI=1S/C15H22BrF2N/c1-5-6-19-15(10(4)9(2)3)11-7-14(18)12(16)8-13(11)17/h7-10,15,19H,5-6H2,1-4H3. The first kappa shape index (κ1) is 16.6. The number of benzene rings is 1. The van der Waals surface area contributed by atoms with Gasteiger partial charge >= 0.3 is 0 Å². The Morgan fingerprint density at radius 1 is 1.16 bits per heavy atom. The molecule has 0 amide bonds. The fraction of sp³-hybridized carbons (Fsp3) is 0.600. The van der Waals surface area contributed by atoms with Crippen LogP contribution in [0, 0.1) is 23.5 Å². The number of nitrogens with one attached hydrogen (secondary N) is 1. The van der Waals surface area contributed by atoms with Crippen LogP contribution in [0.2, 0.25) is 0 Å². The van der Waals surface area contributed by atoms with E-state index in [9.17, 15) is 8.78 Å². The first-order valence-corrected chi connectivity index (χ1v) is 7.55. The highest BCUT2D eigenvalue weighted by molar-refractivity contribution is 9.10. The molecule has 0 aliphatic heterocycles. The quantitative estimate of drug-likeness (QED) is 0.717. The topological polar surface area (TPSA) is 12.0 Å². The van der Waals surface area contributed by atoms with Crippen molar-refractivity contribution in [3.05, 3.63) is 33.8 Å². The summed E-state index contributed by atoms with van der Waals surface area (Å²) in [7, 11) is 0. The van der Waals surface area contributed by atoms with Crippen molar-refractivity contribution in [1.82, 2.24) is 5.32 Å². The summed E-state index contributed by atoms with van der Waals surface area (Å²) in [5.41, 5.74) is 0.412. The zero-order valence-electron chi connectivity index (χ0n) is 11.9. The van der Waals surface area contributed by atoms with Crippen molar-refractivity contribution >= 4 is 15.9 Å². The smallest absolute Gasteiger partial charge is 0.137 e. The molecule has 108 valence electrons. The van der Waals surface area contributed by atoms with Gasteiger partial charge in [-0.05, 0) is 52.9 Å². The largest absolute Gasteiger partial charge is 0.310 e. The van der Waals surface area contributed by atoms with E-state index in [-0.39, 0.29) is 22.2 Å². The van der Waals surface area contributed by atoms with Gasteiger partial charge in [-0.15, -0.1) is 0 Å². The minimum atomic E-state index is -0.421. The fourth-order valence-electron chi connectivity index (χ4n) is 2.04. The highest BCUT2D eigenvalue weighted by Crippen LogP contribution is 2.31. The van der Waals surface area contributed by atoms with E-state index in [4.69, 9.17) is 0 Å². The summed E-state index contributed by atoms with van der Waals surface area (Å²) in [5, 5.41) is 3.33. The Labute approximate surface area is 122 Å². The Hall–Kier alpha value is -0.480. The Bertz CT molecular complexity index is 421. The van der Waals surface area contributed by atoms with Crippen LogP contribution in [0.5, 0.6) is 0 Å². The van der Waals surface area contributed by atoms with E-state index in [1.54, 1.807) is 0 Å². The molecule has 1 aromatic rings. The first-order valence-electron chi connectivity index (χ1n) is 6.76. The lowest BCUT2D eigenvalue weighted by Gasteiger charge is -2.29. The molecule has 0 aliphatic rings. The van der Waals surface area contributed by atoms with Crippen molar-refractivity contribution in [1.29, 1.82) is 0 Å². The summed E-state index contributed by atoms with van der Waals surface area (Å²) in [6, 6.07) is 2.34. The molecule has 0 heterocycles. The van der Waals surface area contributed by atoms with E-state index in [0.29, 0.717) is 11.5 Å². The summed E-state index contributed by atoms with van der Waals surface area (Å²) in [6.45, 7) is 9.11. The maximum absolute atomic E-state index is 14.1. The van der Waals surface area contributed by atoms with Gasteiger partial charge < -0.3 is 5.32 Å². The second kappa shape index (κ2) is 7.34. The second-order valence-corrected chi connectivity index (χ2v) is 6.18. The lowest BCUT2D eigenvalue weighted by molar-refractivity contribution is 0.296. The lowest BCUT2D eigenvalue weighted by atomic mass is 9.85. The zero-order valence-corrected chi connectivity index (χ0v) is 13.5. The lowest BCUT2D eigenvalue weighted by Crippen LogP contribution is -2.31. The number of halogens is 3. The highest BCUT2D eigenvalue weighted by atomic mass is 79.9. The van der Waals surface area contributed by atoms with Crippen LogP contribution in [0.3, 0.4) is 0 Å². The summed E-state index contributed by atoms with van der Waals surface area (Å²) < 4.78 is 27.9. The summed E-state index contributed by atoms with van der Waals surface area (Å²) >= 11 is 3.01. The van der Waals surface area contributed by atoms with Crippen LogP contribution in [0.25, 0.3) is 0 Å². The zero-order chi connectivity index (χ0) is 14.6. The van der Waals surface area contributed by atoms with Crippen LogP contribution >= 0.6 is 15.9 Å². The van der Waals surface area contributed by atoms with Crippen LogP contribution < -0.4 is 5.32 Å². The molecule has 0 saturated heterocycles. The van der Waals surface area contributed by atoms with E-state index in [1.165, 1.54) is 12.1 Å². The van der Waals surface area contributed by atoms with Crippen molar-refractivity contribution < 1.29 is 8.78 Å². The molecule has 1 rings (SSSR count). The van der Waals surface area contributed by atoms with Crippen molar-refractivity contribution in [3.8, 4) is 0 Å². The fourth-order valence-corrected chi connectivity index (χ4v) is 2.36. The van der Waals surface area contributed by atoms with E-state index in [0.717, 1.165) is 13.0 Å². The van der Waals surface area contributed by atoms with E-state index in [2.05, 4.69) is 48.9 Å². The van der Waals surface area contributed by atoms with Crippen LogP contribution in [0.15, 0.2) is 16.6 Å². The molecular formula is C15H22BrF2N. The van der Waals surface area contributed by atoms with Gasteiger partial charge in [-0.25, -0.2) is 8.78 Å². The van der Waals surface area contributed by atoms with Gasteiger partial charge in [0.1, 0.15) is 11.6 Å². The minimum Gasteiger partial charge on any atom is -0.310 e. The Balaban J connectivity index is 3.13. The maximum atomic E-state index is 14.1. The van der Waals surface area contributed by atoms with Gasteiger partial charge in [0.05, 0.1) is 4.47 Å². The maximum Gasteiger partial charge on any atom is 0.137 e. The molecule has 2 unspecified atom stereocenters. The van der Waals surface area contributed by atoms with E-state index in [1.807, 2.05) is 0 Å². The molecule has 0 aromatic heterocycles. The molecule has 0 radical (unpaired) electrons. The minimum absolute atomic E-state index is 0.164. The SMILES string of the molecule is CCCNC(c1cc(F)c(Br)cc1F)C(C)C(C)C. The molecule has 1 N–H and O–H groups in total. The van der Waals surface area contributed by atoms with E-state index >= 15 is 0 Å². The Morgan fingerprint density at radius 3 is 2.32 bits per heavy atom. The van der Waals surface area contributed by atoms with Crippen LogP contribution in [0.4, 0.5) is 8.78 Å². The molecule has 0 bridgehead atoms. The van der Waals surface area contributed by atoms with Gasteiger partial charge in [0, 0.05) is 11.6 Å². The van der Waals surface area contributed by atoms with Gasteiger partial charge in [0.2, 0.25) is 0 Å². The molecular weight excluding hydrogens is 312 g/mol. The van der Waals surface area contributed by atoms with Crippen LogP contribution in [-0.4, -0.2) is 6.54 Å². The summed E-state index contributed by atoms with van der Waals surface area (Å²) in [4.78, 5) is 0. The predicted molar refractivity (Wildman–Crippen MR) is 79.1 cm³/mol. The molecule has 0 saturated carbocycles. The average molecular weight is 334 g/mol. The molecule has 0 fully saturated rings. The molecule has 0 aliphatic carbocycles. The number of hydrogen-bond acceptors (Lipinski definition) is 1. The first-order chi connectivity index (χ1) is 8.88.